The summed E-state index contributed by atoms with van der Waals surface area (Å²) in [5, 5.41) is 0. The van der Waals surface area contributed by atoms with Gasteiger partial charge in [-0.25, -0.2) is 4.57 Å². The first-order valence-corrected chi connectivity index (χ1v) is 2.15. The van der Waals surface area contributed by atoms with Crippen molar-refractivity contribution in [2.75, 3.05) is 0 Å². The standard InChI is InChI=1S/C2H6.HO2P/c1-2;1-3-2/h1-2H3;(H,1,2). The van der Waals surface area contributed by atoms with Gasteiger partial charge < -0.3 is 4.89 Å². The number of rotatable bonds is 0. The fraction of sp³-hybridized carbons (Fsp3) is 1.00. The predicted octanol–water partition coefficient (Wildman–Crippen LogP) is 1.21. The molecule has 2 nitrogen and oxygen atoms in total. The lowest BCUT2D eigenvalue weighted by Crippen LogP contribution is -1.03. The molecule has 0 spiro atoms. The summed E-state index contributed by atoms with van der Waals surface area (Å²) < 4.78 is 8.46. The van der Waals surface area contributed by atoms with Gasteiger partial charge in [-0.2, -0.15) is 0 Å². The highest BCUT2D eigenvalue weighted by atomic mass is 31.1. The van der Waals surface area contributed by atoms with Crippen molar-refractivity contribution < 1.29 is 9.46 Å². The molecule has 5 heavy (non-hydrogen) atoms. The zero-order valence-corrected chi connectivity index (χ0v) is 4.20. The van der Waals surface area contributed by atoms with Gasteiger partial charge in [-0.15, -0.1) is 0 Å². The minimum absolute atomic E-state index is 0.833. The molecular weight excluding hydrogens is 87.0 g/mol. The monoisotopic (exact) mass is 94.0 g/mol. The molecule has 0 aliphatic carbocycles. The Kier molecular flexibility index (Phi) is 60.3. The summed E-state index contributed by atoms with van der Waals surface area (Å²) in [6.07, 6.45) is 0. The Morgan fingerprint density at radius 3 is 1.60 bits per heavy atom. The molecule has 0 aliphatic heterocycles. The molecule has 0 unspecified atom stereocenters. The largest absolute Gasteiger partial charge is 0.324 e. The molecule has 3 heteroatoms. The van der Waals surface area contributed by atoms with E-state index in [1.54, 1.807) is 0 Å². The minimum atomic E-state index is -0.833. The average Bonchev–Trinajstić information content (AvgIpc) is 1.46. The van der Waals surface area contributed by atoms with Crippen LogP contribution < -0.4 is 0 Å². The molecular formula is C2H7O2P. The third kappa shape index (κ3) is 4790. The van der Waals surface area contributed by atoms with E-state index >= 15 is 0 Å². The van der Waals surface area contributed by atoms with Gasteiger partial charge in [0.2, 0.25) is 0 Å². The molecule has 0 atom stereocenters. The molecule has 0 heterocycles. The maximum absolute atomic E-state index is 8.46. The first-order valence-electron chi connectivity index (χ1n) is 1.38. The summed E-state index contributed by atoms with van der Waals surface area (Å²) in [6.45, 7) is 4.00. The van der Waals surface area contributed by atoms with E-state index in [0.717, 1.165) is 0 Å². The van der Waals surface area contributed by atoms with Crippen LogP contribution in [0.25, 0.3) is 0 Å². The Bertz CT molecular complexity index is 15.1. The van der Waals surface area contributed by atoms with Crippen molar-refractivity contribution in [1.29, 1.82) is 0 Å². The van der Waals surface area contributed by atoms with Gasteiger partial charge in [0.1, 0.15) is 0 Å². The van der Waals surface area contributed by atoms with Crippen LogP contribution in [0.4, 0.5) is 0 Å². The molecule has 1 N–H and O–H groups in total. The van der Waals surface area contributed by atoms with Crippen LogP contribution in [-0.2, 0) is 4.57 Å². The molecule has 0 aliphatic rings. The normalized spacial score (nSPS) is 5.40. The van der Waals surface area contributed by atoms with E-state index in [0.29, 0.717) is 0 Å². The van der Waals surface area contributed by atoms with Gasteiger partial charge in [-0.3, -0.25) is 0 Å². The Balaban J connectivity index is 0. The van der Waals surface area contributed by atoms with Crippen molar-refractivity contribution in [3.63, 3.8) is 0 Å². The van der Waals surface area contributed by atoms with Gasteiger partial charge in [-0.05, 0) is 0 Å². The SMILES string of the molecule is CC.O=PO. The van der Waals surface area contributed by atoms with Crippen LogP contribution in [0.15, 0.2) is 0 Å². The van der Waals surface area contributed by atoms with Crippen LogP contribution in [0.3, 0.4) is 0 Å². The third-order valence-electron chi connectivity index (χ3n) is 0. The van der Waals surface area contributed by atoms with Crippen LogP contribution in [0.5, 0.6) is 0 Å². The average molecular weight is 94.0 g/mol. The van der Waals surface area contributed by atoms with Crippen LogP contribution in [0, 0.1) is 0 Å². The topological polar surface area (TPSA) is 37.3 Å². The van der Waals surface area contributed by atoms with Crippen molar-refractivity contribution in [3.8, 4) is 0 Å². The van der Waals surface area contributed by atoms with Crippen LogP contribution in [0.2, 0.25) is 0 Å². The summed E-state index contributed by atoms with van der Waals surface area (Å²) in [7, 11) is -0.833. The fourth-order valence-electron chi connectivity index (χ4n) is 0. The first-order chi connectivity index (χ1) is 2.41. The van der Waals surface area contributed by atoms with Crippen molar-refractivity contribution in [2.24, 2.45) is 0 Å². The molecule has 0 rings (SSSR count). The predicted molar refractivity (Wildman–Crippen MR) is 21.2 cm³/mol. The van der Waals surface area contributed by atoms with E-state index in [9.17, 15) is 0 Å². The summed E-state index contributed by atoms with van der Waals surface area (Å²) in [5.41, 5.74) is 0. The Morgan fingerprint density at radius 2 is 1.60 bits per heavy atom. The minimum Gasteiger partial charge on any atom is -0.310 e. The summed E-state index contributed by atoms with van der Waals surface area (Å²) in [5.74, 6) is 0. The molecule has 0 fully saturated rings. The molecule has 0 amide bonds. The van der Waals surface area contributed by atoms with E-state index in [1.807, 2.05) is 13.8 Å². The van der Waals surface area contributed by atoms with Gasteiger partial charge in [0.25, 0.3) is 0 Å². The molecule has 32 valence electrons. The quantitative estimate of drug-likeness (QED) is 0.458. The molecule has 0 bridgehead atoms. The molecule has 0 saturated carbocycles. The number of hydrogen-bond donors (Lipinski definition) is 1. The highest BCUT2D eigenvalue weighted by molar-refractivity contribution is 7.16. The molecule has 0 aromatic rings. The second-order valence-corrected chi connectivity index (χ2v) is 0.245. The first kappa shape index (κ1) is 8.91. The van der Waals surface area contributed by atoms with E-state index in [1.165, 1.54) is 0 Å². The Hall–Kier alpha value is 0.0600. The molecule has 0 aromatic heterocycles. The van der Waals surface area contributed by atoms with Gasteiger partial charge >= 0.3 is 8.69 Å². The van der Waals surface area contributed by atoms with Gasteiger partial charge in [0.05, 0.1) is 0 Å². The second kappa shape index (κ2) is 33.8. The lowest BCUT2D eigenvalue weighted by atomic mass is 11.0. The van der Waals surface area contributed by atoms with Gasteiger partial charge in [-0.1, -0.05) is 13.8 Å². The third-order valence-corrected chi connectivity index (χ3v) is 0. The van der Waals surface area contributed by atoms with Crippen molar-refractivity contribution >= 4 is 8.69 Å². The zero-order chi connectivity index (χ0) is 4.71. The summed E-state index contributed by atoms with van der Waals surface area (Å²) in [6, 6.07) is 0. The summed E-state index contributed by atoms with van der Waals surface area (Å²) >= 11 is 0. The highest BCUT2D eigenvalue weighted by Crippen LogP contribution is 1.66. The van der Waals surface area contributed by atoms with Gasteiger partial charge in [0, 0.05) is 0 Å². The second-order valence-electron chi connectivity index (χ2n) is 0.0816. The van der Waals surface area contributed by atoms with Crippen LogP contribution >= 0.6 is 8.69 Å². The van der Waals surface area contributed by atoms with E-state index in [2.05, 4.69) is 0 Å². The number of hydrogen-bond acceptors (Lipinski definition) is 1. The fourth-order valence-corrected chi connectivity index (χ4v) is 0. The molecule has 0 aromatic carbocycles. The highest BCUT2D eigenvalue weighted by Gasteiger charge is 1.28. The molecule has 0 saturated heterocycles. The van der Waals surface area contributed by atoms with Crippen molar-refractivity contribution in [3.05, 3.63) is 0 Å². The Morgan fingerprint density at radius 1 is 1.60 bits per heavy atom. The van der Waals surface area contributed by atoms with Crippen LogP contribution in [0.1, 0.15) is 13.8 Å². The zero-order valence-electron chi connectivity index (χ0n) is 3.30. The van der Waals surface area contributed by atoms with E-state index in [-0.39, 0.29) is 0 Å². The van der Waals surface area contributed by atoms with Crippen molar-refractivity contribution in [2.45, 2.75) is 13.8 Å². The Labute approximate surface area is 33.1 Å². The molecule has 0 radical (unpaired) electrons. The lowest BCUT2D eigenvalue weighted by Gasteiger charge is -1.24. The lowest BCUT2D eigenvalue weighted by molar-refractivity contribution is 0.524. The van der Waals surface area contributed by atoms with E-state index < -0.39 is 8.69 Å². The smallest absolute Gasteiger partial charge is 0.310 e. The van der Waals surface area contributed by atoms with Gasteiger partial charge in [0.15, 0.2) is 0 Å². The van der Waals surface area contributed by atoms with Crippen LogP contribution in [-0.4, -0.2) is 4.89 Å². The maximum atomic E-state index is 8.46. The maximum Gasteiger partial charge on any atom is 0.324 e. The van der Waals surface area contributed by atoms with Crippen molar-refractivity contribution in [1.82, 2.24) is 0 Å². The summed E-state index contributed by atoms with van der Waals surface area (Å²) in [4.78, 5) is 6.99. The van der Waals surface area contributed by atoms with E-state index in [4.69, 9.17) is 9.46 Å².